The zero-order valence-corrected chi connectivity index (χ0v) is 13.2. The molecule has 0 radical (unpaired) electrons. The van der Waals surface area contributed by atoms with Crippen molar-refractivity contribution in [3.63, 3.8) is 0 Å². The fraction of sp³-hybridized carbons (Fsp3) is 0.778. The van der Waals surface area contributed by atoms with Crippen molar-refractivity contribution in [3.05, 3.63) is 12.1 Å². The first-order valence-corrected chi connectivity index (χ1v) is 5.27. The summed E-state index contributed by atoms with van der Waals surface area (Å²) in [5.74, 6) is -1.39. The van der Waals surface area contributed by atoms with Crippen LogP contribution in [0.15, 0.2) is 12.1 Å². The van der Waals surface area contributed by atoms with Crippen LogP contribution in [0.1, 0.15) is 12.8 Å². The first kappa shape index (κ1) is 19.0. The molecule has 0 unspecified atom stereocenters. The van der Waals surface area contributed by atoms with Gasteiger partial charge in [-0.3, -0.25) is 0 Å². The van der Waals surface area contributed by atoms with Gasteiger partial charge in [0.25, 0.3) is 0 Å². The molecule has 1 heterocycles. The predicted octanol–water partition coefficient (Wildman–Crippen LogP) is 0.207. The zero-order chi connectivity index (χ0) is 13.3. The first-order chi connectivity index (χ1) is 7.60. The summed E-state index contributed by atoms with van der Waals surface area (Å²) in [5.41, 5.74) is -0.851. The molecule has 1 aliphatic heterocycles. The number of alkyl halides is 3. The molecule has 0 aromatic carbocycles. The normalized spacial score (nSPS) is 19.4. The molecule has 0 saturated carbocycles. The summed E-state index contributed by atoms with van der Waals surface area (Å²) in [6.07, 6.45) is -4.51. The van der Waals surface area contributed by atoms with Gasteiger partial charge in [-0.15, -0.1) is 12.1 Å². The fourth-order valence-electron chi connectivity index (χ4n) is 1.81. The Bertz CT molecular complexity index is 282. The van der Waals surface area contributed by atoms with Gasteiger partial charge in [-0.25, -0.2) is 0 Å². The Kier molecular flexibility index (Phi) is 7.51. The molecule has 0 bridgehead atoms. The molecule has 1 fully saturated rings. The molecule has 0 amide bonds. The van der Waals surface area contributed by atoms with Crippen molar-refractivity contribution in [1.29, 1.82) is 0 Å². The minimum atomic E-state index is -5.09. The van der Waals surface area contributed by atoms with Gasteiger partial charge >= 0.3 is 64.5 Å². The van der Waals surface area contributed by atoms with Crippen molar-refractivity contribution in [2.24, 2.45) is 5.92 Å². The molecule has 0 aromatic rings. The van der Waals surface area contributed by atoms with E-state index in [0.29, 0.717) is 0 Å². The molecule has 0 spiro atoms. The second-order valence-electron chi connectivity index (χ2n) is 4.33. The van der Waals surface area contributed by atoms with Crippen molar-refractivity contribution < 1.29 is 77.5 Å². The second-order valence-corrected chi connectivity index (χ2v) is 4.33. The zero-order valence-electron chi connectivity index (χ0n) is 10.1. The van der Waals surface area contributed by atoms with E-state index < -0.39 is 24.5 Å². The van der Waals surface area contributed by atoms with E-state index in [1.165, 1.54) is 4.90 Å². The molecular weight excluding hydrogens is 286 g/mol. The van der Waals surface area contributed by atoms with Gasteiger partial charge in [-0.05, 0) is 32.5 Å². The van der Waals surface area contributed by atoms with E-state index >= 15 is 0 Å². The van der Waals surface area contributed by atoms with E-state index in [1.807, 2.05) is 0 Å². The van der Waals surface area contributed by atoms with Crippen LogP contribution in [0.25, 0.3) is 0 Å². The van der Waals surface area contributed by atoms with Crippen LogP contribution in [0.3, 0.4) is 0 Å². The van der Waals surface area contributed by atoms with Crippen LogP contribution in [0.4, 0.5) is 26.1 Å². The van der Waals surface area contributed by atoms with E-state index in [4.69, 9.17) is 0 Å². The second kappa shape index (κ2) is 7.12. The van der Waals surface area contributed by atoms with E-state index in [0.717, 1.165) is 0 Å². The van der Waals surface area contributed by atoms with Crippen LogP contribution in [0, 0.1) is 5.92 Å². The minimum absolute atomic E-state index is 0. The molecule has 0 aromatic heterocycles. The van der Waals surface area contributed by atoms with Gasteiger partial charge in [0, 0.05) is 0 Å². The summed E-state index contributed by atoms with van der Waals surface area (Å²) in [6.45, 7) is -2.47. The SMILES string of the molecule is C=C(CN1CCC(C(F)(F)F)CC1)[B-](F)(F)F.[K+]. The van der Waals surface area contributed by atoms with Gasteiger partial charge in [-0.2, -0.15) is 13.2 Å². The van der Waals surface area contributed by atoms with E-state index in [-0.39, 0.29) is 83.9 Å². The summed E-state index contributed by atoms with van der Waals surface area (Å²) in [6, 6.07) is 0. The molecule has 1 aliphatic rings. The van der Waals surface area contributed by atoms with Gasteiger partial charge in [0.05, 0.1) is 5.92 Å². The third-order valence-electron chi connectivity index (χ3n) is 2.94. The number of nitrogens with zero attached hydrogens (tertiary/aromatic N) is 1. The van der Waals surface area contributed by atoms with E-state index in [2.05, 4.69) is 6.58 Å². The van der Waals surface area contributed by atoms with Crippen molar-refractivity contribution in [3.8, 4) is 0 Å². The number of hydrogen-bond donors (Lipinski definition) is 0. The van der Waals surface area contributed by atoms with E-state index in [9.17, 15) is 26.1 Å². The standard InChI is InChI=1S/C9H13BF6N.K/c1-7(10(14,15)16)6-17-4-2-8(3-5-17)9(11,12)13;/h8H,1-6H2;/q-1;+1. The van der Waals surface area contributed by atoms with Gasteiger partial charge < -0.3 is 17.8 Å². The fourth-order valence-corrected chi connectivity index (χ4v) is 1.81. The summed E-state index contributed by atoms with van der Waals surface area (Å²) in [4.78, 5) is 1.37. The molecule has 1 saturated heterocycles. The molecular formula is C9H13BF6KN. The van der Waals surface area contributed by atoms with Crippen molar-refractivity contribution in [1.82, 2.24) is 4.90 Å². The van der Waals surface area contributed by atoms with Crippen LogP contribution in [0.2, 0.25) is 0 Å². The van der Waals surface area contributed by atoms with Gasteiger partial charge in [0.1, 0.15) is 0 Å². The maximum Gasteiger partial charge on any atom is 1.00 e. The smallest absolute Gasteiger partial charge is 0.445 e. The Hall–Kier alpha value is 0.981. The Labute approximate surface area is 144 Å². The third-order valence-corrected chi connectivity index (χ3v) is 2.94. The van der Waals surface area contributed by atoms with Crippen LogP contribution in [-0.2, 0) is 0 Å². The van der Waals surface area contributed by atoms with Gasteiger partial charge in [-0.1, -0.05) is 0 Å². The average molecular weight is 299 g/mol. The topological polar surface area (TPSA) is 3.24 Å². The number of likely N-dealkylation sites (tertiary alicyclic amines) is 1. The molecule has 0 atom stereocenters. The van der Waals surface area contributed by atoms with Crippen LogP contribution in [0.5, 0.6) is 0 Å². The monoisotopic (exact) mass is 299 g/mol. The number of hydrogen-bond acceptors (Lipinski definition) is 1. The van der Waals surface area contributed by atoms with E-state index in [1.54, 1.807) is 0 Å². The molecule has 1 nitrogen and oxygen atoms in total. The summed E-state index contributed by atoms with van der Waals surface area (Å²) in [5, 5.41) is 0. The Morgan fingerprint density at radius 3 is 1.94 bits per heavy atom. The van der Waals surface area contributed by atoms with Crippen molar-refractivity contribution >= 4 is 6.98 Å². The number of piperidine rings is 1. The van der Waals surface area contributed by atoms with Gasteiger partial charge in [0.2, 0.25) is 0 Å². The quantitative estimate of drug-likeness (QED) is 0.532. The molecule has 9 heteroatoms. The summed E-state index contributed by atoms with van der Waals surface area (Å²) in [7, 11) is 0. The van der Waals surface area contributed by atoms with Crippen LogP contribution < -0.4 is 51.4 Å². The molecule has 0 aliphatic carbocycles. The van der Waals surface area contributed by atoms with Gasteiger partial charge in [0.15, 0.2) is 0 Å². The largest absolute Gasteiger partial charge is 1.00 e. The van der Waals surface area contributed by atoms with Crippen molar-refractivity contribution in [2.45, 2.75) is 19.0 Å². The Morgan fingerprint density at radius 1 is 1.17 bits per heavy atom. The maximum absolute atomic E-state index is 12.3. The number of halogens is 6. The molecule has 1 rings (SSSR count). The van der Waals surface area contributed by atoms with Crippen LogP contribution >= 0.6 is 0 Å². The maximum atomic E-state index is 12.3. The molecule has 0 N–H and O–H groups in total. The Balaban J connectivity index is 0.00000289. The molecule has 100 valence electrons. The third kappa shape index (κ3) is 5.96. The Morgan fingerprint density at radius 2 is 1.61 bits per heavy atom. The number of rotatable bonds is 3. The minimum Gasteiger partial charge on any atom is -0.445 e. The summed E-state index contributed by atoms with van der Waals surface area (Å²) < 4.78 is 73.6. The molecule has 18 heavy (non-hydrogen) atoms. The van der Waals surface area contributed by atoms with Crippen LogP contribution in [-0.4, -0.2) is 37.7 Å². The predicted molar refractivity (Wildman–Crippen MR) is 53.4 cm³/mol. The first-order valence-electron chi connectivity index (χ1n) is 5.27. The van der Waals surface area contributed by atoms with Crippen molar-refractivity contribution in [2.75, 3.05) is 19.6 Å². The average Bonchev–Trinajstić information content (AvgIpc) is 2.15. The summed E-state index contributed by atoms with van der Waals surface area (Å²) >= 11 is 0.